The summed E-state index contributed by atoms with van der Waals surface area (Å²) in [5.74, 6) is 0.00707. The van der Waals surface area contributed by atoms with Crippen LogP contribution in [0.25, 0.3) is 0 Å². The maximum Gasteiger partial charge on any atom is 0.236 e. The lowest BCUT2D eigenvalue weighted by molar-refractivity contribution is 0.384. The van der Waals surface area contributed by atoms with Crippen LogP contribution in [0.15, 0.2) is 30.6 Å². The number of halogens is 2. The van der Waals surface area contributed by atoms with Gasteiger partial charge in [0.1, 0.15) is 11.5 Å². The summed E-state index contributed by atoms with van der Waals surface area (Å²) in [4.78, 5) is 8.20. The zero-order valence-corrected chi connectivity index (χ0v) is 11.1. The first-order chi connectivity index (χ1) is 9.11. The first-order valence-electron chi connectivity index (χ1n) is 5.66. The smallest absolute Gasteiger partial charge is 0.236 e. The standard InChI is InChI=1S/C13H13ClFN3O/c1-19-13-12(17-4-5-18-13)11(16)6-8-2-3-9(15)7-10(8)14/h2-5,7,11H,6,16H2,1H3. The Hall–Kier alpha value is -1.72. The predicted octanol–water partition coefficient (Wildman–Crippen LogP) is 2.52. The van der Waals surface area contributed by atoms with Crippen LogP contribution < -0.4 is 10.5 Å². The molecule has 1 atom stereocenters. The van der Waals surface area contributed by atoms with Crippen molar-refractivity contribution in [1.82, 2.24) is 9.97 Å². The number of hydrogen-bond acceptors (Lipinski definition) is 4. The van der Waals surface area contributed by atoms with E-state index >= 15 is 0 Å². The molecule has 0 amide bonds. The van der Waals surface area contributed by atoms with Gasteiger partial charge in [0.15, 0.2) is 0 Å². The molecule has 2 N–H and O–H groups in total. The molecule has 1 unspecified atom stereocenters. The summed E-state index contributed by atoms with van der Waals surface area (Å²) in [5.41, 5.74) is 7.38. The molecule has 2 rings (SSSR count). The third-order valence-electron chi connectivity index (χ3n) is 2.69. The molecule has 0 saturated heterocycles. The summed E-state index contributed by atoms with van der Waals surface area (Å²) in [6.45, 7) is 0. The van der Waals surface area contributed by atoms with E-state index in [2.05, 4.69) is 9.97 Å². The quantitative estimate of drug-likeness (QED) is 0.935. The molecule has 4 nitrogen and oxygen atoms in total. The van der Waals surface area contributed by atoms with Crippen LogP contribution in [0.5, 0.6) is 5.88 Å². The van der Waals surface area contributed by atoms with Gasteiger partial charge in [-0.3, -0.25) is 4.98 Å². The largest absolute Gasteiger partial charge is 0.480 e. The van der Waals surface area contributed by atoms with Crippen LogP contribution in [-0.4, -0.2) is 17.1 Å². The second-order valence-corrected chi connectivity index (χ2v) is 4.40. The van der Waals surface area contributed by atoms with E-state index in [9.17, 15) is 4.39 Å². The Labute approximate surface area is 115 Å². The zero-order valence-electron chi connectivity index (χ0n) is 10.3. The molecule has 2 aromatic rings. The summed E-state index contributed by atoms with van der Waals surface area (Å²) >= 11 is 5.97. The normalized spacial score (nSPS) is 12.2. The van der Waals surface area contributed by atoms with Gasteiger partial charge in [-0.25, -0.2) is 9.37 Å². The molecule has 0 spiro atoms. The van der Waals surface area contributed by atoms with Gasteiger partial charge in [0.25, 0.3) is 0 Å². The highest BCUT2D eigenvalue weighted by atomic mass is 35.5. The van der Waals surface area contributed by atoms with Crippen molar-refractivity contribution in [2.24, 2.45) is 5.73 Å². The molecule has 0 aliphatic carbocycles. The summed E-state index contributed by atoms with van der Waals surface area (Å²) in [7, 11) is 1.51. The van der Waals surface area contributed by atoms with E-state index in [1.807, 2.05) is 0 Å². The third kappa shape index (κ3) is 3.19. The van der Waals surface area contributed by atoms with Crippen LogP contribution >= 0.6 is 11.6 Å². The summed E-state index contributed by atoms with van der Waals surface area (Å²) in [5, 5.41) is 0.346. The van der Waals surface area contributed by atoms with Crippen LogP contribution in [-0.2, 0) is 6.42 Å². The first kappa shape index (κ1) is 13.7. The summed E-state index contributed by atoms with van der Waals surface area (Å²) in [6, 6.07) is 3.80. The molecule has 0 aliphatic rings. The molecule has 0 bridgehead atoms. The number of nitrogens with two attached hydrogens (primary N) is 1. The second kappa shape index (κ2) is 5.95. The Morgan fingerprint density at radius 1 is 1.37 bits per heavy atom. The molecule has 0 saturated carbocycles. The maximum atomic E-state index is 13.0. The van der Waals surface area contributed by atoms with Crippen molar-refractivity contribution >= 4 is 11.6 Å². The molecule has 0 aliphatic heterocycles. The van der Waals surface area contributed by atoms with Gasteiger partial charge in [-0.15, -0.1) is 0 Å². The van der Waals surface area contributed by atoms with Crippen LogP contribution in [0, 0.1) is 5.82 Å². The topological polar surface area (TPSA) is 61.0 Å². The number of ether oxygens (including phenoxy) is 1. The van der Waals surface area contributed by atoms with E-state index in [0.29, 0.717) is 23.0 Å². The monoisotopic (exact) mass is 281 g/mol. The minimum atomic E-state index is -0.424. The number of aromatic nitrogens is 2. The van der Waals surface area contributed by atoms with E-state index in [0.717, 1.165) is 5.56 Å². The Morgan fingerprint density at radius 3 is 2.79 bits per heavy atom. The average molecular weight is 282 g/mol. The molecule has 0 fully saturated rings. The van der Waals surface area contributed by atoms with Crippen LogP contribution in [0.3, 0.4) is 0 Å². The summed E-state index contributed by atoms with van der Waals surface area (Å²) < 4.78 is 18.1. The SMILES string of the molecule is COc1nccnc1C(N)Cc1ccc(F)cc1Cl. The van der Waals surface area contributed by atoms with E-state index in [1.54, 1.807) is 12.3 Å². The van der Waals surface area contributed by atoms with Gasteiger partial charge < -0.3 is 10.5 Å². The number of benzene rings is 1. The van der Waals surface area contributed by atoms with E-state index in [4.69, 9.17) is 22.1 Å². The van der Waals surface area contributed by atoms with Crippen molar-refractivity contribution in [2.75, 3.05) is 7.11 Å². The van der Waals surface area contributed by atoms with Gasteiger partial charge in [-0.2, -0.15) is 0 Å². The molecule has 1 aromatic carbocycles. The van der Waals surface area contributed by atoms with Gasteiger partial charge >= 0.3 is 0 Å². The maximum absolute atomic E-state index is 13.0. The van der Waals surface area contributed by atoms with Crippen molar-refractivity contribution in [3.63, 3.8) is 0 Å². The highest BCUT2D eigenvalue weighted by Crippen LogP contribution is 2.25. The lowest BCUT2D eigenvalue weighted by Gasteiger charge is -2.14. The lowest BCUT2D eigenvalue weighted by atomic mass is 10.0. The summed E-state index contributed by atoms with van der Waals surface area (Å²) in [6.07, 6.45) is 3.50. The van der Waals surface area contributed by atoms with Crippen molar-refractivity contribution < 1.29 is 9.13 Å². The van der Waals surface area contributed by atoms with E-state index in [1.165, 1.54) is 25.4 Å². The Bertz CT molecular complexity index is 580. The van der Waals surface area contributed by atoms with Crippen LogP contribution in [0.1, 0.15) is 17.3 Å². The fraction of sp³-hybridized carbons (Fsp3) is 0.231. The van der Waals surface area contributed by atoms with E-state index in [-0.39, 0.29) is 5.82 Å². The molecule has 1 aromatic heterocycles. The van der Waals surface area contributed by atoms with Gasteiger partial charge in [0, 0.05) is 17.4 Å². The number of rotatable bonds is 4. The molecule has 0 radical (unpaired) electrons. The number of hydrogen-bond donors (Lipinski definition) is 1. The molecule has 6 heteroatoms. The molecule has 19 heavy (non-hydrogen) atoms. The minimum absolute atomic E-state index is 0.346. The van der Waals surface area contributed by atoms with Crippen molar-refractivity contribution in [3.8, 4) is 5.88 Å². The Balaban J connectivity index is 2.23. The van der Waals surface area contributed by atoms with Crippen molar-refractivity contribution in [3.05, 3.63) is 52.7 Å². The Kier molecular flexibility index (Phi) is 4.29. The predicted molar refractivity (Wildman–Crippen MR) is 70.6 cm³/mol. The molecule has 100 valence electrons. The fourth-order valence-electron chi connectivity index (χ4n) is 1.77. The fourth-order valence-corrected chi connectivity index (χ4v) is 2.01. The van der Waals surface area contributed by atoms with Crippen LogP contribution in [0.2, 0.25) is 5.02 Å². The second-order valence-electron chi connectivity index (χ2n) is 4.00. The van der Waals surface area contributed by atoms with Gasteiger partial charge in [-0.05, 0) is 24.1 Å². The first-order valence-corrected chi connectivity index (χ1v) is 6.04. The van der Waals surface area contributed by atoms with Crippen LogP contribution in [0.4, 0.5) is 4.39 Å². The highest BCUT2D eigenvalue weighted by Gasteiger charge is 2.16. The van der Waals surface area contributed by atoms with Crippen molar-refractivity contribution in [2.45, 2.75) is 12.5 Å². The van der Waals surface area contributed by atoms with Crippen molar-refractivity contribution in [1.29, 1.82) is 0 Å². The third-order valence-corrected chi connectivity index (χ3v) is 3.04. The van der Waals surface area contributed by atoms with Gasteiger partial charge in [0.05, 0.1) is 13.2 Å². The lowest BCUT2D eigenvalue weighted by Crippen LogP contribution is -2.17. The van der Waals surface area contributed by atoms with Gasteiger partial charge in [-0.1, -0.05) is 17.7 Å². The molecule has 1 heterocycles. The molecular formula is C13H13ClFN3O. The van der Waals surface area contributed by atoms with E-state index < -0.39 is 6.04 Å². The average Bonchev–Trinajstić information content (AvgIpc) is 2.41. The number of methoxy groups -OCH3 is 1. The molecular weight excluding hydrogens is 269 g/mol. The number of nitrogens with zero attached hydrogens (tertiary/aromatic N) is 2. The Morgan fingerprint density at radius 2 is 2.11 bits per heavy atom. The zero-order chi connectivity index (χ0) is 13.8. The highest BCUT2D eigenvalue weighted by molar-refractivity contribution is 6.31. The van der Waals surface area contributed by atoms with Gasteiger partial charge in [0.2, 0.25) is 5.88 Å². The minimum Gasteiger partial charge on any atom is -0.480 e.